The van der Waals surface area contributed by atoms with Crippen molar-refractivity contribution in [1.82, 2.24) is 0 Å². The van der Waals surface area contributed by atoms with Gasteiger partial charge in [-0.2, -0.15) is 0 Å². The maximum absolute atomic E-state index is 8.88. The van der Waals surface area contributed by atoms with Crippen LogP contribution >= 0.6 is 15.6 Å². The van der Waals surface area contributed by atoms with Gasteiger partial charge in [-0.1, -0.05) is 0 Å². The van der Waals surface area contributed by atoms with Gasteiger partial charge in [-0.3, -0.25) is 4.70 Å². The van der Waals surface area contributed by atoms with Crippen LogP contribution in [0.3, 0.4) is 0 Å². The second-order valence-electron chi connectivity index (χ2n) is 1.03. The summed E-state index contributed by atoms with van der Waals surface area (Å²) < 4.78 is 17.8. The standard InChI is InChI=1S/3Ca.FH.2H3O4P.6H/c;;;;2*1-5(2,3)4;;;;;;/h;;;1H;2*(H3,1,2,3,4);;;;;;. The molecule has 0 aliphatic heterocycles. The van der Waals surface area contributed by atoms with Crippen molar-refractivity contribution in [2.24, 2.45) is 0 Å². The van der Waals surface area contributed by atoms with Crippen LogP contribution < -0.4 is 0 Å². The topological polar surface area (TPSA) is 156 Å². The van der Waals surface area contributed by atoms with Gasteiger partial charge in [0.2, 0.25) is 0 Å². The van der Waals surface area contributed by atoms with Gasteiger partial charge in [-0.25, -0.2) is 9.13 Å². The summed E-state index contributed by atoms with van der Waals surface area (Å²) in [4.78, 5) is 43.1. The van der Waals surface area contributed by atoms with E-state index in [0.717, 1.165) is 0 Å². The van der Waals surface area contributed by atoms with Crippen molar-refractivity contribution in [2.45, 2.75) is 0 Å². The zero-order chi connectivity index (χ0) is 9.00. The molecule has 0 aliphatic rings. The monoisotopic (exact) mass is 342 g/mol. The van der Waals surface area contributed by atoms with Gasteiger partial charge in [-0.05, 0) is 0 Å². The molecule has 0 saturated heterocycles. The molecule has 0 spiro atoms. The van der Waals surface area contributed by atoms with E-state index in [0.29, 0.717) is 0 Å². The Kier molecular flexibility index (Phi) is 43.7. The van der Waals surface area contributed by atoms with E-state index < -0.39 is 15.6 Å². The predicted octanol–water partition coefficient (Wildman–Crippen LogP) is -4.45. The van der Waals surface area contributed by atoms with Crippen molar-refractivity contribution in [3.63, 3.8) is 0 Å². The molecule has 0 rings (SSSR count). The molecule has 14 heavy (non-hydrogen) atoms. The molecule has 0 saturated carbocycles. The summed E-state index contributed by atoms with van der Waals surface area (Å²) in [6.45, 7) is 0. The zero-order valence-electron chi connectivity index (χ0n) is 4.80. The van der Waals surface area contributed by atoms with Crippen LogP contribution in [0.4, 0.5) is 4.70 Å². The third kappa shape index (κ3) is 230. The van der Waals surface area contributed by atoms with E-state index in [9.17, 15) is 0 Å². The molecular formula is H13Ca3FO8P2. The first-order valence-corrected chi connectivity index (χ1v) is 4.70. The zero-order valence-corrected chi connectivity index (χ0v) is 6.59. The second kappa shape index (κ2) is 16.9. The molecule has 14 heteroatoms. The van der Waals surface area contributed by atoms with Gasteiger partial charge in [0.25, 0.3) is 0 Å². The Balaban J connectivity index is -0.0000000178. The van der Waals surface area contributed by atoms with Gasteiger partial charge in [0, 0.05) is 0 Å². The van der Waals surface area contributed by atoms with Gasteiger partial charge < -0.3 is 29.4 Å². The normalized spacial score (nSPS) is 8.43. The predicted molar refractivity (Wildman–Crippen MR) is 56.7 cm³/mol. The second-order valence-corrected chi connectivity index (χ2v) is 3.08. The Morgan fingerprint density at radius 3 is 0.571 bits per heavy atom. The molecule has 0 fully saturated rings. The Morgan fingerprint density at radius 1 is 0.571 bits per heavy atom. The van der Waals surface area contributed by atoms with Crippen molar-refractivity contribution in [3.8, 4) is 0 Å². The van der Waals surface area contributed by atoms with Gasteiger partial charge >= 0.3 is 129 Å². The fourth-order valence-electron chi connectivity index (χ4n) is 0. The number of rotatable bonds is 0. The number of hydrogen-bond acceptors (Lipinski definition) is 2. The Morgan fingerprint density at radius 2 is 0.571 bits per heavy atom. The summed E-state index contributed by atoms with van der Waals surface area (Å²) in [5, 5.41) is 0. The van der Waals surface area contributed by atoms with Crippen LogP contribution in [0.2, 0.25) is 0 Å². The summed E-state index contributed by atoms with van der Waals surface area (Å²) in [6.07, 6.45) is 0. The van der Waals surface area contributed by atoms with Crippen LogP contribution in [0.1, 0.15) is 0 Å². The van der Waals surface area contributed by atoms with Crippen LogP contribution in [0.5, 0.6) is 0 Å². The third-order valence-corrected chi connectivity index (χ3v) is 0. The van der Waals surface area contributed by atoms with Crippen molar-refractivity contribution in [2.75, 3.05) is 0 Å². The van der Waals surface area contributed by atoms with Gasteiger partial charge in [0.1, 0.15) is 0 Å². The van der Waals surface area contributed by atoms with Crippen LogP contribution in [0, 0.1) is 0 Å². The van der Waals surface area contributed by atoms with Gasteiger partial charge in [-0.15, -0.1) is 0 Å². The van der Waals surface area contributed by atoms with E-state index >= 15 is 0 Å². The first-order chi connectivity index (χ1) is 4.00. The summed E-state index contributed by atoms with van der Waals surface area (Å²) in [5.74, 6) is 0. The minimum atomic E-state index is -4.64. The SMILES string of the molecule is F.O=P(O)(O)O.O=P(O)(O)O.[CaH2].[CaH2].[CaH2]. The molecule has 8 nitrogen and oxygen atoms in total. The van der Waals surface area contributed by atoms with Crippen LogP contribution in [-0.2, 0) is 9.13 Å². The van der Waals surface area contributed by atoms with E-state index in [1.165, 1.54) is 0 Å². The Hall–Kier alpha value is 3.93. The van der Waals surface area contributed by atoms with Crippen molar-refractivity contribution < 1.29 is 43.2 Å². The molecule has 0 aromatic heterocycles. The fraction of sp³-hybridized carbons (Fsp3) is 0. The van der Waals surface area contributed by atoms with E-state index in [-0.39, 0.29) is 118 Å². The molecule has 0 radical (unpaired) electrons. The van der Waals surface area contributed by atoms with Crippen LogP contribution in [-0.4, -0.2) is 143 Å². The van der Waals surface area contributed by atoms with E-state index in [4.69, 9.17) is 38.5 Å². The van der Waals surface area contributed by atoms with E-state index in [2.05, 4.69) is 0 Å². The van der Waals surface area contributed by atoms with Crippen molar-refractivity contribution in [1.29, 1.82) is 0 Å². The molecule has 0 heterocycles. The van der Waals surface area contributed by atoms with Crippen LogP contribution in [0.15, 0.2) is 0 Å². The Labute approximate surface area is 168 Å². The van der Waals surface area contributed by atoms with Gasteiger partial charge in [0.05, 0.1) is 0 Å². The first-order valence-electron chi connectivity index (χ1n) is 1.57. The summed E-state index contributed by atoms with van der Waals surface area (Å²) in [7, 11) is -9.28. The minimum absolute atomic E-state index is 0. The maximum atomic E-state index is 8.88. The third-order valence-electron chi connectivity index (χ3n) is 0. The van der Waals surface area contributed by atoms with Crippen LogP contribution in [0.25, 0.3) is 0 Å². The van der Waals surface area contributed by atoms with E-state index in [1.807, 2.05) is 0 Å². The summed E-state index contributed by atoms with van der Waals surface area (Å²) in [6, 6.07) is 0. The molecule has 0 amide bonds. The summed E-state index contributed by atoms with van der Waals surface area (Å²) in [5.41, 5.74) is 0. The fourth-order valence-corrected chi connectivity index (χ4v) is 0. The molecule has 0 aromatic carbocycles. The molecule has 0 bridgehead atoms. The first kappa shape index (κ1) is 36.1. The molecule has 0 aliphatic carbocycles. The average molecular weight is 342 g/mol. The molecule has 0 unspecified atom stereocenters. The number of hydrogen-bond donors (Lipinski definition) is 6. The number of halogens is 1. The molecule has 84 valence electrons. The quantitative estimate of drug-likeness (QED) is 0.190. The molecule has 0 atom stereocenters. The molecular weight excluding hydrogens is 329 g/mol. The Bertz CT molecular complexity index is 135. The molecule has 6 N–H and O–H groups in total. The number of phosphoric acid groups is 2. The average Bonchev–Trinajstić information content (AvgIpc) is 1.12. The van der Waals surface area contributed by atoms with E-state index in [1.54, 1.807) is 0 Å². The van der Waals surface area contributed by atoms with Crippen molar-refractivity contribution in [3.05, 3.63) is 0 Å². The molecule has 0 aromatic rings. The van der Waals surface area contributed by atoms with Gasteiger partial charge in [0.15, 0.2) is 0 Å². The van der Waals surface area contributed by atoms with Crippen molar-refractivity contribution >= 4 is 129 Å². The summed E-state index contributed by atoms with van der Waals surface area (Å²) >= 11 is 0.